The quantitative estimate of drug-likeness (QED) is 0.274. The van der Waals surface area contributed by atoms with E-state index in [1.54, 1.807) is 12.1 Å². The highest BCUT2D eigenvalue weighted by Gasteiger charge is 2.30. The van der Waals surface area contributed by atoms with Crippen molar-refractivity contribution in [2.75, 3.05) is 10.8 Å². The summed E-state index contributed by atoms with van der Waals surface area (Å²) in [7, 11) is -3.97. The van der Waals surface area contributed by atoms with E-state index in [9.17, 15) is 13.5 Å². The average molecular weight is 519 g/mol. The lowest BCUT2D eigenvalue weighted by Crippen LogP contribution is -2.40. The maximum Gasteiger partial charge on any atom is 0.264 e. The van der Waals surface area contributed by atoms with Crippen molar-refractivity contribution >= 4 is 49.1 Å². The molecule has 1 aromatic heterocycles. The van der Waals surface area contributed by atoms with Gasteiger partial charge in [-0.15, -0.1) is 0 Å². The van der Waals surface area contributed by atoms with Crippen LogP contribution in [0.15, 0.2) is 95.9 Å². The van der Waals surface area contributed by atoms with Crippen LogP contribution in [0.3, 0.4) is 0 Å². The number of rotatable bonds is 7. The Morgan fingerprint density at radius 3 is 1.89 bits per heavy atom. The van der Waals surface area contributed by atoms with Crippen LogP contribution in [0, 0.1) is 13.8 Å². The lowest BCUT2D eigenvalue weighted by molar-refractivity contribution is 0.166. The zero-order valence-corrected chi connectivity index (χ0v) is 21.7. The van der Waals surface area contributed by atoms with Gasteiger partial charge in [0.05, 0.1) is 29.8 Å². The molecule has 0 saturated heterocycles. The van der Waals surface area contributed by atoms with Crippen LogP contribution < -0.4 is 4.31 Å². The number of aryl methyl sites for hydroxylation is 2. The summed E-state index contributed by atoms with van der Waals surface area (Å²) in [6.07, 6.45) is -0.967. The van der Waals surface area contributed by atoms with E-state index in [0.29, 0.717) is 10.7 Å². The predicted molar refractivity (Wildman–Crippen MR) is 147 cm³/mol. The van der Waals surface area contributed by atoms with E-state index < -0.39 is 16.1 Å². The number of para-hydroxylation sites is 3. The van der Waals surface area contributed by atoms with Crippen LogP contribution in [0.4, 0.5) is 5.69 Å². The van der Waals surface area contributed by atoms with E-state index in [4.69, 9.17) is 11.6 Å². The highest BCUT2D eigenvalue weighted by Crippen LogP contribution is 2.32. The summed E-state index contributed by atoms with van der Waals surface area (Å²) in [6.45, 7) is 3.90. The van der Waals surface area contributed by atoms with Gasteiger partial charge in [-0.2, -0.15) is 0 Å². The van der Waals surface area contributed by atoms with Gasteiger partial charge in [0, 0.05) is 26.8 Å². The summed E-state index contributed by atoms with van der Waals surface area (Å²) < 4.78 is 31.1. The Balaban J connectivity index is 1.57. The number of anilines is 1. The first-order valence-electron chi connectivity index (χ1n) is 11.8. The first-order valence-corrected chi connectivity index (χ1v) is 13.6. The number of aliphatic hydroxyl groups is 1. The lowest BCUT2D eigenvalue weighted by Gasteiger charge is -2.30. The van der Waals surface area contributed by atoms with Crippen molar-refractivity contribution in [2.24, 2.45) is 0 Å². The first kappa shape index (κ1) is 24.4. The molecule has 0 radical (unpaired) electrons. The summed E-state index contributed by atoms with van der Waals surface area (Å²) in [5, 5.41) is 14.0. The van der Waals surface area contributed by atoms with Crippen LogP contribution in [0.1, 0.15) is 11.1 Å². The number of nitrogens with zero attached hydrogens (tertiary/aromatic N) is 2. The Hall–Kier alpha value is -3.32. The number of fused-ring (bicyclic) bond motifs is 3. The SMILES string of the molecule is Cc1cccc(C)c1N(CC(O)Cn1c2ccccc2c2ccccc21)S(=O)(=O)c1ccc(Cl)cc1. The first-order chi connectivity index (χ1) is 17.3. The number of halogens is 1. The Morgan fingerprint density at radius 2 is 1.33 bits per heavy atom. The van der Waals surface area contributed by atoms with E-state index in [2.05, 4.69) is 16.7 Å². The van der Waals surface area contributed by atoms with Crippen molar-refractivity contribution in [3.05, 3.63) is 107 Å². The van der Waals surface area contributed by atoms with Crippen molar-refractivity contribution in [3.63, 3.8) is 0 Å². The molecule has 1 N–H and O–H groups in total. The summed E-state index contributed by atoms with van der Waals surface area (Å²) >= 11 is 6.02. The van der Waals surface area contributed by atoms with Gasteiger partial charge >= 0.3 is 0 Å². The highest BCUT2D eigenvalue weighted by molar-refractivity contribution is 7.92. The number of hydrogen-bond acceptors (Lipinski definition) is 3. The molecular formula is C29H27ClN2O3S. The molecule has 0 aliphatic heterocycles. The molecule has 0 aliphatic rings. The molecule has 5 rings (SSSR count). The van der Waals surface area contributed by atoms with Gasteiger partial charge in [-0.05, 0) is 61.4 Å². The van der Waals surface area contributed by atoms with Gasteiger partial charge < -0.3 is 9.67 Å². The summed E-state index contributed by atoms with van der Waals surface area (Å²) in [6, 6.07) is 27.9. The molecule has 1 atom stereocenters. The van der Waals surface area contributed by atoms with Crippen LogP contribution in [0.5, 0.6) is 0 Å². The summed E-state index contributed by atoms with van der Waals surface area (Å²) in [4.78, 5) is 0.124. The van der Waals surface area contributed by atoms with Crippen molar-refractivity contribution in [1.29, 1.82) is 0 Å². The minimum absolute atomic E-state index is 0.0997. The normalized spacial score (nSPS) is 12.8. The van der Waals surface area contributed by atoms with Gasteiger partial charge in [-0.25, -0.2) is 8.42 Å². The molecule has 184 valence electrons. The fraction of sp³-hybridized carbons (Fsp3) is 0.172. The molecule has 4 aromatic carbocycles. The number of aliphatic hydroxyl groups excluding tert-OH is 1. The van der Waals surface area contributed by atoms with E-state index >= 15 is 0 Å². The Labute approximate surface area is 216 Å². The molecule has 0 spiro atoms. The van der Waals surface area contributed by atoms with Crippen LogP contribution in [0.2, 0.25) is 5.02 Å². The van der Waals surface area contributed by atoms with E-state index in [-0.39, 0.29) is 18.0 Å². The molecule has 0 bridgehead atoms. The molecule has 1 unspecified atom stereocenters. The van der Waals surface area contributed by atoms with Gasteiger partial charge in [-0.3, -0.25) is 4.31 Å². The lowest BCUT2D eigenvalue weighted by atomic mass is 10.1. The van der Waals surface area contributed by atoms with E-state index in [1.807, 2.05) is 68.4 Å². The second kappa shape index (κ2) is 9.62. The largest absolute Gasteiger partial charge is 0.389 e. The third-order valence-electron chi connectivity index (χ3n) is 6.54. The van der Waals surface area contributed by atoms with E-state index in [0.717, 1.165) is 32.9 Å². The molecule has 5 nitrogen and oxygen atoms in total. The topological polar surface area (TPSA) is 62.5 Å². The number of aromatic nitrogens is 1. The molecule has 5 aromatic rings. The third kappa shape index (κ3) is 4.37. The second-order valence-electron chi connectivity index (χ2n) is 9.03. The smallest absolute Gasteiger partial charge is 0.264 e. The zero-order chi connectivity index (χ0) is 25.4. The average Bonchev–Trinajstić information content (AvgIpc) is 3.17. The molecule has 0 fully saturated rings. The second-order valence-corrected chi connectivity index (χ2v) is 11.3. The Kier molecular flexibility index (Phi) is 6.51. The van der Waals surface area contributed by atoms with Crippen molar-refractivity contribution < 1.29 is 13.5 Å². The van der Waals surface area contributed by atoms with Crippen LogP contribution in [-0.2, 0) is 16.6 Å². The van der Waals surface area contributed by atoms with Gasteiger partial charge in [0.2, 0.25) is 0 Å². The van der Waals surface area contributed by atoms with Gasteiger partial charge in [-0.1, -0.05) is 66.2 Å². The molecule has 7 heteroatoms. The van der Waals surface area contributed by atoms with E-state index in [1.165, 1.54) is 16.4 Å². The Morgan fingerprint density at radius 1 is 0.806 bits per heavy atom. The fourth-order valence-electron chi connectivity index (χ4n) is 4.90. The molecule has 1 heterocycles. The predicted octanol–water partition coefficient (Wildman–Crippen LogP) is 6.32. The van der Waals surface area contributed by atoms with Crippen molar-refractivity contribution in [1.82, 2.24) is 4.57 Å². The number of hydrogen-bond donors (Lipinski definition) is 1. The summed E-state index contributed by atoms with van der Waals surface area (Å²) in [5.41, 5.74) is 4.20. The van der Waals surface area contributed by atoms with Crippen LogP contribution in [0.25, 0.3) is 21.8 Å². The van der Waals surface area contributed by atoms with Gasteiger partial charge in [0.25, 0.3) is 10.0 Å². The van der Waals surface area contributed by atoms with Crippen molar-refractivity contribution in [3.8, 4) is 0 Å². The van der Waals surface area contributed by atoms with Crippen LogP contribution >= 0.6 is 11.6 Å². The maximum absolute atomic E-state index is 13.9. The molecule has 0 amide bonds. The van der Waals surface area contributed by atoms with Gasteiger partial charge in [0.1, 0.15) is 0 Å². The minimum Gasteiger partial charge on any atom is -0.389 e. The standard InChI is InChI=1S/C29H27ClN2O3S/c1-20-8-7-9-21(2)29(20)32(36(34,35)24-16-14-22(30)15-17-24)19-23(33)18-31-27-12-5-3-10-25(27)26-11-4-6-13-28(26)31/h3-17,23,33H,18-19H2,1-2H3. The zero-order valence-electron chi connectivity index (χ0n) is 20.1. The monoisotopic (exact) mass is 518 g/mol. The molecular weight excluding hydrogens is 492 g/mol. The van der Waals surface area contributed by atoms with Crippen LogP contribution in [-0.4, -0.2) is 30.7 Å². The number of benzene rings is 4. The molecule has 0 aliphatic carbocycles. The fourth-order valence-corrected chi connectivity index (χ4v) is 6.66. The number of sulfonamides is 1. The molecule has 36 heavy (non-hydrogen) atoms. The third-order valence-corrected chi connectivity index (χ3v) is 8.57. The van der Waals surface area contributed by atoms with Gasteiger partial charge in [0.15, 0.2) is 0 Å². The van der Waals surface area contributed by atoms with Crippen molar-refractivity contribution in [2.45, 2.75) is 31.4 Å². The Bertz CT molecular complexity index is 1590. The molecule has 0 saturated carbocycles. The minimum atomic E-state index is -3.97. The maximum atomic E-state index is 13.9. The highest BCUT2D eigenvalue weighted by atomic mass is 35.5. The summed E-state index contributed by atoms with van der Waals surface area (Å²) in [5.74, 6) is 0.